The van der Waals surface area contributed by atoms with Crippen molar-refractivity contribution in [1.29, 1.82) is 0 Å². The Morgan fingerprint density at radius 2 is 2.15 bits per heavy atom. The van der Waals surface area contributed by atoms with E-state index >= 15 is 0 Å². The summed E-state index contributed by atoms with van der Waals surface area (Å²) in [5.41, 5.74) is 0.501. The lowest BCUT2D eigenvalue weighted by atomic mass is 10.2. The third kappa shape index (κ3) is 5.30. The van der Waals surface area contributed by atoms with Gasteiger partial charge in [0.2, 0.25) is 0 Å². The average Bonchev–Trinajstić information content (AvgIpc) is 2.45. The topological polar surface area (TPSA) is 59.9 Å². The molecule has 1 amide bonds. The summed E-state index contributed by atoms with van der Waals surface area (Å²) < 4.78 is 10.4. The zero-order valence-corrected chi connectivity index (χ0v) is 12.5. The van der Waals surface area contributed by atoms with Crippen molar-refractivity contribution in [3.63, 3.8) is 0 Å². The van der Waals surface area contributed by atoms with Crippen LogP contribution in [0.3, 0.4) is 0 Å². The van der Waals surface area contributed by atoms with E-state index in [4.69, 9.17) is 9.47 Å². The van der Waals surface area contributed by atoms with Crippen molar-refractivity contribution in [3.8, 4) is 5.75 Å². The molecule has 0 aliphatic heterocycles. The van der Waals surface area contributed by atoms with Gasteiger partial charge in [0.05, 0.1) is 13.7 Å². The molecule has 0 unspecified atom stereocenters. The van der Waals surface area contributed by atoms with Gasteiger partial charge >= 0.3 is 0 Å². The largest absolute Gasteiger partial charge is 0.497 e. The van der Waals surface area contributed by atoms with Crippen LogP contribution >= 0.6 is 0 Å². The summed E-state index contributed by atoms with van der Waals surface area (Å²) in [6.07, 6.45) is 0. The summed E-state index contributed by atoms with van der Waals surface area (Å²) in [4.78, 5) is 16.4. The van der Waals surface area contributed by atoms with Crippen molar-refractivity contribution in [3.05, 3.63) is 29.8 Å². The number of benzene rings is 1. The molecule has 0 spiro atoms. The normalized spacial score (nSPS) is 11.3. The maximum Gasteiger partial charge on any atom is 0.291 e. The van der Waals surface area contributed by atoms with Crippen LogP contribution in [0.2, 0.25) is 0 Å². The summed E-state index contributed by atoms with van der Waals surface area (Å²) in [5, 5.41) is 2.67. The fourth-order valence-corrected chi connectivity index (χ4v) is 1.46. The fraction of sp³-hybridized carbons (Fsp3) is 0.467. The SMILES string of the molecule is CCOC(=NCC(C)C)NC(=O)c1cccc(OC)c1. The monoisotopic (exact) mass is 278 g/mol. The van der Waals surface area contributed by atoms with Crippen LogP contribution in [0, 0.1) is 5.92 Å². The first-order valence-electron chi connectivity index (χ1n) is 6.69. The number of carbonyl (C=O) groups excluding carboxylic acids is 1. The van der Waals surface area contributed by atoms with Crippen LogP contribution in [0.15, 0.2) is 29.3 Å². The molecule has 20 heavy (non-hydrogen) atoms. The van der Waals surface area contributed by atoms with Gasteiger partial charge in [-0.15, -0.1) is 0 Å². The molecule has 1 rings (SSSR count). The number of hydrogen-bond acceptors (Lipinski definition) is 4. The Labute approximate surface area is 120 Å². The van der Waals surface area contributed by atoms with Crippen LogP contribution in [0.5, 0.6) is 5.75 Å². The lowest BCUT2D eigenvalue weighted by molar-refractivity contribution is 0.0965. The Balaban J connectivity index is 2.76. The minimum absolute atomic E-state index is 0.258. The van der Waals surface area contributed by atoms with Crippen molar-refractivity contribution >= 4 is 11.9 Å². The van der Waals surface area contributed by atoms with Gasteiger partial charge < -0.3 is 9.47 Å². The summed E-state index contributed by atoms with van der Waals surface area (Å²) >= 11 is 0. The first kappa shape index (κ1) is 16.0. The first-order chi connectivity index (χ1) is 9.56. The molecule has 1 aromatic carbocycles. The molecule has 5 nitrogen and oxygen atoms in total. The maximum absolute atomic E-state index is 12.1. The molecule has 1 aromatic rings. The predicted octanol–water partition coefficient (Wildman–Crippen LogP) is 2.47. The van der Waals surface area contributed by atoms with Crippen LogP contribution < -0.4 is 10.1 Å². The number of nitrogens with one attached hydrogen (secondary N) is 1. The number of amidine groups is 1. The third-order valence-corrected chi connectivity index (χ3v) is 2.43. The van der Waals surface area contributed by atoms with Crippen molar-refractivity contribution in [2.24, 2.45) is 10.9 Å². The van der Waals surface area contributed by atoms with E-state index in [1.54, 1.807) is 31.4 Å². The van der Waals surface area contributed by atoms with E-state index in [9.17, 15) is 4.79 Å². The second-order valence-corrected chi connectivity index (χ2v) is 4.66. The third-order valence-electron chi connectivity index (χ3n) is 2.43. The van der Waals surface area contributed by atoms with Crippen LogP contribution in [0.4, 0.5) is 0 Å². The number of rotatable bonds is 5. The molecule has 0 atom stereocenters. The molecular formula is C15H22N2O3. The zero-order chi connectivity index (χ0) is 15.0. The van der Waals surface area contributed by atoms with Crippen LogP contribution in [-0.4, -0.2) is 32.2 Å². The second kappa shape index (κ2) is 8.19. The molecular weight excluding hydrogens is 256 g/mol. The number of amides is 1. The molecule has 0 bridgehead atoms. The van der Waals surface area contributed by atoms with Gasteiger partial charge in [0, 0.05) is 12.1 Å². The van der Waals surface area contributed by atoms with Gasteiger partial charge in [-0.05, 0) is 31.0 Å². The second-order valence-electron chi connectivity index (χ2n) is 4.66. The van der Waals surface area contributed by atoms with E-state index in [2.05, 4.69) is 24.2 Å². The van der Waals surface area contributed by atoms with E-state index in [1.807, 2.05) is 6.92 Å². The van der Waals surface area contributed by atoms with Crippen LogP contribution in [-0.2, 0) is 4.74 Å². The molecule has 0 heterocycles. The molecule has 0 aliphatic carbocycles. The van der Waals surface area contributed by atoms with Crippen LogP contribution in [0.25, 0.3) is 0 Å². The molecule has 1 N–H and O–H groups in total. The highest BCUT2D eigenvalue weighted by Crippen LogP contribution is 2.12. The fourth-order valence-electron chi connectivity index (χ4n) is 1.46. The van der Waals surface area contributed by atoms with E-state index < -0.39 is 0 Å². The Kier molecular flexibility index (Phi) is 6.56. The Bertz CT molecular complexity index is 470. The van der Waals surface area contributed by atoms with Gasteiger partial charge in [0.25, 0.3) is 11.9 Å². The number of methoxy groups -OCH3 is 1. The van der Waals surface area contributed by atoms with Crippen molar-refractivity contribution in [2.75, 3.05) is 20.3 Å². The molecule has 0 saturated heterocycles. The molecule has 0 aliphatic rings. The van der Waals surface area contributed by atoms with Gasteiger partial charge in [-0.1, -0.05) is 19.9 Å². The lowest BCUT2D eigenvalue weighted by Gasteiger charge is -2.10. The Morgan fingerprint density at radius 1 is 1.40 bits per heavy atom. The molecule has 0 saturated carbocycles. The minimum atomic E-state index is -0.264. The highest BCUT2D eigenvalue weighted by Gasteiger charge is 2.10. The molecule has 110 valence electrons. The minimum Gasteiger partial charge on any atom is -0.497 e. The first-order valence-corrected chi connectivity index (χ1v) is 6.69. The quantitative estimate of drug-likeness (QED) is 0.665. The van der Waals surface area contributed by atoms with Gasteiger partial charge in [-0.2, -0.15) is 0 Å². The van der Waals surface area contributed by atoms with Crippen molar-refractivity contribution in [2.45, 2.75) is 20.8 Å². The summed E-state index contributed by atoms with van der Waals surface area (Å²) in [6.45, 7) is 7.01. The van der Waals surface area contributed by atoms with Crippen molar-refractivity contribution < 1.29 is 14.3 Å². The van der Waals surface area contributed by atoms with E-state index in [0.29, 0.717) is 30.4 Å². The predicted molar refractivity (Wildman–Crippen MR) is 79.2 cm³/mol. The lowest BCUT2D eigenvalue weighted by Crippen LogP contribution is -2.33. The Morgan fingerprint density at radius 3 is 2.75 bits per heavy atom. The standard InChI is InChI=1S/C15H22N2O3/c1-5-20-15(16-10-11(2)3)17-14(18)12-7-6-8-13(9-12)19-4/h6-9,11H,5,10H2,1-4H3,(H,16,17,18). The molecule has 0 aromatic heterocycles. The molecule has 0 fully saturated rings. The number of nitrogens with zero attached hydrogens (tertiary/aromatic N) is 1. The average molecular weight is 278 g/mol. The maximum atomic E-state index is 12.1. The van der Waals surface area contributed by atoms with Gasteiger partial charge in [0.1, 0.15) is 5.75 Å². The summed E-state index contributed by atoms with van der Waals surface area (Å²) in [7, 11) is 1.56. The van der Waals surface area contributed by atoms with Crippen molar-refractivity contribution in [1.82, 2.24) is 5.32 Å². The number of aliphatic imine (C=N–C) groups is 1. The highest BCUT2D eigenvalue weighted by molar-refractivity contribution is 6.04. The zero-order valence-electron chi connectivity index (χ0n) is 12.5. The van der Waals surface area contributed by atoms with Crippen LogP contribution in [0.1, 0.15) is 31.1 Å². The highest BCUT2D eigenvalue weighted by atomic mass is 16.5. The smallest absolute Gasteiger partial charge is 0.291 e. The van der Waals surface area contributed by atoms with E-state index in [-0.39, 0.29) is 11.9 Å². The van der Waals surface area contributed by atoms with Gasteiger partial charge in [-0.25, -0.2) is 4.99 Å². The summed E-state index contributed by atoms with van der Waals surface area (Å²) in [6, 6.07) is 7.19. The molecule has 5 heteroatoms. The Hall–Kier alpha value is -2.04. The summed E-state index contributed by atoms with van der Waals surface area (Å²) in [5.74, 6) is 0.772. The van der Waals surface area contributed by atoms with Gasteiger partial charge in [0.15, 0.2) is 0 Å². The van der Waals surface area contributed by atoms with Gasteiger partial charge in [-0.3, -0.25) is 10.1 Å². The number of hydrogen-bond donors (Lipinski definition) is 1. The number of carbonyl (C=O) groups is 1. The van der Waals surface area contributed by atoms with E-state index in [0.717, 1.165) is 0 Å². The molecule has 0 radical (unpaired) electrons. The van der Waals surface area contributed by atoms with E-state index in [1.165, 1.54) is 0 Å². The number of ether oxygens (including phenoxy) is 2.